The molecule has 1 heteroatoms. The first-order chi connectivity index (χ1) is 5.63. The van der Waals surface area contributed by atoms with Crippen LogP contribution in [-0.4, -0.2) is 5.78 Å². The Bertz CT molecular complexity index is 254. The summed E-state index contributed by atoms with van der Waals surface area (Å²) in [6.45, 7) is 10.7. The van der Waals surface area contributed by atoms with E-state index in [1.807, 2.05) is 19.1 Å². The third-order valence-electron chi connectivity index (χ3n) is 1.43. The zero-order valence-corrected chi connectivity index (χ0v) is 7.63. The molecule has 0 aliphatic carbocycles. The SMILES string of the molecule is C=CC(=C)C(=O)/C(C)=C/C=C\C. The summed E-state index contributed by atoms with van der Waals surface area (Å²) < 4.78 is 0. The summed E-state index contributed by atoms with van der Waals surface area (Å²) in [5.74, 6) is -0.0527. The van der Waals surface area contributed by atoms with Crippen LogP contribution in [0, 0.1) is 0 Å². The fraction of sp³-hybridized carbons (Fsp3) is 0.182. The molecular weight excluding hydrogens is 148 g/mol. The van der Waals surface area contributed by atoms with E-state index < -0.39 is 0 Å². The molecule has 1 nitrogen and oxygen atoms in total. The molecule has 64 valence electrons. The van der Waals surface area contributed by atoms with E-state index in [1.54, 1.807) is 13.0 Å². The van der Waals surface area contributed by atoms with Crippen molar-refractivity contribution in [2.75, 3.05) is 0 Å². The first-order valence-electron chi connectivity index (χ1n) is 3.79. The van der Waals surface area contributed by atoms with Gasteiger partial charge in [-0.25, -0.2) is 0 Å². The number of carbonyl (C=O) groups excluding carboxylic acids is 1. The van der Waals surface area contributed by atoms with Gasteiger partial charge in [0.1, 0.15) is 0 Å². The van der Waals surface area contributed by atoms with Gasteiger partial charge in [0.05, 0.1) is 0 Å². The van der Waals surface area contributed by atoms with Gasteiger partial charge >= 0.3 is 0 Å². The van der Waals surface area contributed by atoms with Crippen molar-refractivity contribution in [3.05, 3.63) is 48.6 Å². The summed E-state index contributed by atoms with van der Waals surface area (Å²) >= 11 is 0. The Morgan fingerprint density at radius 1 is 1.42 bits per heavy atom. The van der Waals surface area contributed by atoms with E-state index in [0.29, 0.717) is 11.1 Å². The molecule has 0 saturated carbocycles. The maximum absolute atomic E-state index is 11.3. The van der Waals surface area contributed by atoms with Crippen LogP contribution >= 0.6 is 0 Å². The number of ketones is 1. The summed E-state index contributed by atoms with van der Waals surface area (Å²) in [5, 5.41) is 0. The van der Waals surface area contributed by atoms with Crippen molar-refractivity contribution in [3.63, 3.8) is 0 Å². The molecule has 0 aliphatic rings. The average Bonchev–Trinajstić information content (AvgIpc) is 2.11. The Morgan fingerprint density at radius 2 is 2.00 bits per heavy atom. The molecule has 0 aromatic rings. The van der Waals surface area contributed by atoms with E-state index in [4.69, 9.17) is 0 Å². The zero-order chi connectivity index (χ0) is 9.56. The lowest BCUT2D eigenvalue weighted by Crippen LogP contribution is -1.99. The normalized spacial score (nSPS) is 11.7. The highest BCUT2D eigenvalue weighted by Gasteiger charge is 2.03. The van der Waals surface area contributed by atoms with Crippen molar-refractivity contribution in [1.29, 1.82) is 0 Å². The van der Waals surface area contributed by atoms with Crippen molar-refractivity contribution < 1.29 is 4.79 Å². The monoisotopic (exact) mass is 162 g/mol. The molecule has 0 aliphatic heterocycles. The number of Topliss-reactive ketones (excluding diaryl/α,β-unsaturated/α-hetero) is 1. The van der Waals surface area contributed by atoms with E-state index in [0.717, 1.165) is 0 Å². The molecular formula is C11H14O. The van der Waals surface area contributed by atoms with Crippen LogP contribution in [0.3, 0.4) is 0 Å². The number of allylic oxidation sites excluding steroid dienone is 6. The van der Waals surface area contributed by atoms with Gasteiger partial charge in [0, 0.05) is 5.57 Å². The summed E-state index contributed by atoms with van der Waals surface area (Å²) in [6, 6.07) is 0. The van der Waals surface area contributed by atoms with Gasteiger partial charge in [-0.2, -0.15) is 0 Å². The van der Waals surface area contributed by atoms with Gasteiger partial charge in [0.15, 0.2) is 5.78 Å². The molecule has 0 amide bonds. The van der Waals surface area contributed by atoms with Gasteiger partial charge < -0.3 is 0 Å². The molecule has 0 bridgehead atoms. The molecule has 0 atom stereocenters. The Labute approximate surface area is 73.8 Å². The molecule has 0 fully saturated rings. The van der Waals surface area contributed by atoms with Crippen LogP contribution in [0.15, 0.2) is 48.6 Å². The van der Waals surface area contributed by atoms with Crippen molar-refractivity contribution in [2.24, 2.45) is 0 Å². The van der Waals surface area contributed by atoms with Gasteiger partial charge in [0.2, 0.25) is 0 Å². The van der Waals surface area contributed by atoms with Crippen LogP contribution in [0.25, 0.3) is 0 Å². The average molecular weight is 162 g/mol. The van der Waals surface area contributed by atoms with Crippen molar-refractivity contribution in [3.8, 4) is 0 Å². The lowest BCUT2D eigenvalue weighted by molar-refractivity contribution is -0.111. The van der Waals surface area contributed by atoms with E-state index in [1.165, 1.54) is 6.08 Å². The molecule has 0 radical (unpaired) electrons. The van der Waals surface area contributed by atoms with Crippen LogP contribution in [0.2, 0.25) is 0 Å². The second-order valence-electron chi connectivity index (χ2n) is 2.43. The highest BCUT2D eigenvalue weighted by atomic mass is 16.1. The molecule has 0 saturated heterocycles. The number of hydrogen-bond acceptors (Lipinski definition) is 1. The highest BCUT2D eigenvalue weighted by molar-refractivity contribution is 6.09. The maximum atomic E-state index is 11.3. The zero-order valence-electron chi connectivity index (χ0n) is 7.63. The summed E-state index contributed by atoms with van der Waals surface area (Å²) in [6.07, 6.45) is 6.92. The van der Waals surface area contributed by atoms with Crippen LogP contribution in [-0.2, 0) is 4.79 Å². The number of rotatable bonds is 4. The summed E-state index contributed by atoms with van der Waals surface area (Å²) in [7, 11) is 0. The third kappa shape index (κ3) is 3.15. The van der Waals surface area contributed by atoms with Crippen LogP contribution in [0.5, 0.6) is 0 Å². The molecule has 0 aromatic carbocycles. The third-order valence-corrected chi connectivity index (χ3v) is 1.43. The van der Waals surface area contributed by atoms with Crippen molar-refractivity contribution in [2.45, 2.75) is 13.8 Å². The number of carbonyl (C=O) groups is 1. The standard InChI is InChI=1S/C11H14O/c1-5-7-8-10(4)11(12)9(3)6-2/h5-8H,2-3H2,1,4H3/b7-5-,10-8+. The Balaban J connectivity index is 4.49. The Morgan fingerprint density at radius 3 is 2.42 bits per heavy atom. The molecule has 12 heavy (non-hydrogen) atoms. The van der Waals surface area contributed by atoms with Gasteiger partial charge in [-0.1, -0.05) is 37.5 Å². The molecule has 0 rings (SSSR count). The molecule has 0 unspecified atom stereocenters. The lowest BCUT2D eigenvalue weighted by atomic mass is 10.1. The second-order valence-corrected chi connectivity index (χ2v) is 2.43. The van der Waals surface area contributed by atoms with Crippen LogP contribution < -0.4 is 0 Å². The molecule has 0 N–H and O–H groups in total. The first kappa shape index (κ1) is 10.6. The Hall–Kier alpha value is -1.37. The summed E-state index contributed by atoms with van der Waals surface area (Å²) in [5.41, 5.74) is 1.12. The minimum Gasteiger partial charge on any atom is -0.289 e. The fourth-order valence-corrected chi connectivity index (χ4v) is 0.662. The first-order valence-corrected chi connectivity index (χ1v) is 3.79. The minimum absolute atomic E-state index is 0.0527. The minimum atomic E-state index is -0.0527. The van der Waals surface area contributed by atoms with E-state index in [2.05, 4.69) is 13.2 Å². The quantitative estimate of drug-likeness (QED) is 0.459. The summed E-state index contributed by atoms with van der Waals surface area (Å²) in [4.78, 5) is 11.3. The smallest absolute Gasteiger partial charge is 0.188 e. The van der Waals surface area contributed by atoms with Crippen LogP contribution in [0.1, 0.15) is 13.8 Å². The molecule has 0 heterocycles. The van der Waals surface area contributed by atoms with Gasteiger partial charge in [-0.05, 0) is 19.4 Å². The Kier molecular flexibility index (Phi) is 4.70. The van der Waals surface area contributed by atoms with E-state index >= 15 is 0 Å². The fourth-order valence-electron chi connectivity index (χ4n) is 0.662. The lowest BCUT2D eigenvalue weighted by Gasteiger charge is -1.97. The van der Waals surface area contributed by atoms with E-state index in [9.17, 15) is 4.79 Å². The van der Waals surface area contributed by atoms with Gasteiger partial charge in [-0.3, -0.25) is 4.79 Å². The highest BCUT2D eigenvalue weighted by Crippen LogP contribution is 2.04. The van der Waals surface area contributed by atoms with Gasteiger partial charge in [0.25, 0.3) is 0 Å². The predicted octanol–water partition coefficient (Wildman–Crippen LogP) is 2.82. The molecule has 0 spiro atoms. The van der Waals surface area contributed by atoms with Crippen LogP contribution in [0.4, 0.5) is 0 Å². The maximum Gasteiger partial charge on any atom is 0.188 e. The van der Waals surface area contributed by atoms with Crippen molar-refractivity contribution >= 4 is 5.78 Å². The molecule has 0 aromatic heterocycles. The van der Waals surface area contributed by atoms with Crippen molar-refractivity contribution in [1.82, 2.24) is 0 Å². The largest absolute Gasteiger partial charge is 0.289 e. The number of hydrogen-bond donors (Lipinski definition) is 0. The second kappa shape index (κ2) is 5.30. The van der Waals surface area contributed by atoms with E-state index in [-0.39, 0.29) is 5.78 Å². The topological polar surface area (TPSA) is 17.1 Å². The van der Waals surface area contributed by atoms with Gasteiger partial charge in [-0.15, -0.1) is 0 Å². The predicted molar refractivity (Wildman–Crippen MR) is 52.9 cm³/mol.